The average molecular weight is 447 g/mol. The standard InChI is InChI=1S/C27H21N5O2/c1-17-13-20(34-25-10-6-4-8-19(25)15-28)11-12-22(17)32-27(29)21(16-30-32)26(33)24-14-18-7-3-5-9-23(18)31(24)2/h3-14,16H,29H2,1-2H3. The number of aryl methyl sites for hydroxylation is 2. The minimum atomic E-state index is -0.187. The van der Waals surface area contributed by atoms with Gasteiger partial charge in [-0.1, -0.05) is 30.3 Å². The molecule has 0 saturated carbocycles. The summed E-state index contributed by atoms with van der Waals surface area (Å²) in [7, 11) is 1.86. The van der Waals surface area contributed by atoms with Crippen LogP contribution in [0.2, 0.25) is 0 Å². The van der Waals surface area contributed by atoms with Crippen LogP contribution in [0.4, 0.5) is 5.82 Å². The molecular weight excluding hydrogens is 426 g/mol. The number of fused-ring (bicyclic) bond motifs is 1. The Bertz CT molecular complexity index is 1600. The van der Waals surface area contributed by atoms with Crippen molar-refractivity contribution in [3.8, 4) is 23.3 Å². The molecule has 3 aromatic carbocycles. The molecule has 0 aliphatic rings. The van der Waals surface area contributed by atoms with Crippen LogP contribution in [0.3, 0.4) is 0 Å². The van der Waals surface area contributed by atoms with E-state index in [0.717, 1.165) is 22.2 Å². The van der Waals surface area contributed by atoms with Gasteiger partial charge in [0.2, 0.25) is 5.78 Å². The molecule has 5 aromatic rings. The Balaban J connectivity index is 1.46. The molecule has 0 spiro atoms. The third-order valence-electron chi connectivity index (χ3n) is 5.87. The zero-order valence-electron chi connectivity index (χ0n) is 18.7. The van der Waals surface area contributed by atoms with E-state index < -0.39 is 0 Å². The number of para-hydroxylation sites is 2. The minimum absolute atomic E-state index is 0.187. The van der Waals surface area contributed by atoms with E-state index in [1.165, 1.54) is 6.20 Å². The van der Waals surface area contributed by atoms with Crippen molar-refractivity contribution in [2.24, 2.45) is 7.05 Å². The SMILES string of the molecule is Cc1cc(Oc2ccccc2C#N)ccc1-n1ncc(C(=O)c2cc3ccccc3n2C)c1N. The number of ether oxygens (including phenoxy) is 1. The summed E-state index contributed by atoms with van der Waals surface area (Å²) in [6.45, 7) is 1.91. The van der Waals surface area contributed by atoms with Gasteiger partial charge in [0.15, 0.2) is 0 Å². The van der Waals surface area contributed by atoms with Crippen molar-refractivity contribution in [2.45, 2.75) is 6.92 Å². The Kier molecular flexibility index (Phi) is 5.11. The molecule has 5 rings (SSSR count). The second-order valence-electron chi connectivity index (χ2n) is 7.99. The second kappa shape index (κ2) is 8.26. The van der Waals surface area contributed by atoms with Crippen LogP contribution in [-0.2, 0) is 7.05 Å². The number of nitrogen functional groups attached to an aromatic ring is 1. The molecule has 0 aliphatic carbocycles. The van der Waals surface area contributed by atoms with Gasteiger partial charge in [-0.05, 0) is 55.0 Å². The van der Waals surface area contributed by atoms with Gasteiger partial charge in [-0.2, -0.15) is 10.4 Å². The van der Waals surface area contributed by atoms with Crippen molar-refractivity contribution < 1.29 is 9.53 Å². The maximum atomic E-state index is 13.3. The third kappa shape index (κ3) is 3.48. The summed E-state index contributed by atoms with van der Waals surface area (Å²) < 4.78 is 9.33. The Labute approximate surface area is 196 Å². The summed E-state index contributed by atoms with van der Waals surface area (Å²) in [6.07, 6.45) is 1.50. The first-order valence-electron chi connectivity index (χ1n) is 10.7. The summed E-state index contributed by atoms with van der Waals surface area (Å²) in [5.74, 6) is 1.15. The van der Waals surface area contributed by atoms with Gasteiger partial charge < -0.3 is 15.0 Å². The van der Waals surface area contributed by atoms with Crippen LogP contribution in [0, 0.1) is 18.3 Å². The summed E-state index contributed by atoms with van der Waals surface area (Å²) in [5, 5.41) is 14.7. The van der Waals surface area contributed by atoms with E-state index in [1.807, 2.05) is 67.1 Å². The van der Waals surface area contributed by atoms with E-state index in [0.29, 0.717) is 28.3 Å². The van der Waals surface area contributed by atoms with E-state index in [1.54, 1.807) is 28.9 Å². The molecule has 0 atom stereocenters. The monoisotopic (exact) mass is 447 g/mol. The first-order chi connectivity index (χ1) is 16.5. The molecule has 0 unspecified atom stereocenters. The van der Waals surface area contributed by atoms with Crippen LogP contribution < -0.4 is 10.5 Å². The van der Waals surface area contributed by atoms with Crippen molar-refractivity contribution in [2.75, 3.05) is 5.73 Å². The molecule has 7 nitrogen and oxygen atoms in total. The molecule has 2 heterocycles. The number of anilines is 1. The van der Waals surface area contributed by atoms with E-state index in [4.69, 9.17) is 10.5 Å². The summed E-state index contributed by atoms with van der Waals surface area (Å²) in [6, 6.07) is 24.3. The van der Waals surface area contributed by atoms with E-state index in [2.05, 4.69) is 11.2 Å². The van der Waals surface area contributed by atoms with Gasteiger partial charge in [0.05, 0.1) is 28.7 Å². The zero-order valence-corrected chi connectivity index (χ0v) is 18.7. The van der Waals surface area contributed by atoms with Crippen molar-refractivity contribution in [1.29, 1.82) is 5.26 Å². The Morgan fingerprint density at radius 2 is 1.82 bits per heavy atom. The number of ketones is 1. The Morgan fingerprint density at radius 1 is 1.06 bits per heavy atom. The first kappa shape index (κ1) is 21.0. The molecule has 2 N–H and O–H groups in total. The molecule has 166 valence electrons. The Hall–Kier alpha value is -4.83. The van der Waals surface area contributed by atoms with Crippen molar-refractivity contribution in [3.63, 3.8) is 0 Å². The Morgan fingerprint density at radius 3 is 2.59 bits per heavy atom. The number of hydrogen-bond acceptors (Lipinski definition) is 5. The van der Waals surface area contributed by atoms with Crippen LogP contribution in [0.1, 0.15) is 27.2 Å². The van der Waals surface area contributed by atoms with Crippen LogP contribution >= 0.6 is 0 Å². The maximum absolute atomic E-state index is 13.3. The average Bonchev–Trinajstić information content (AvgIpc) is 3.39. The lowest BCUT2D eigenvalue weighted by Gasteiger charge is -2.12. The lowest BCUT2D eigenvalue weighted by molar-refractivity contribution is 0.103. The highest BCUT2D eigenvalue weighted by Gasteiger charge is 2.22. The maximum Gasteiger partial charge on any atom is 0.214 e. The highest BCUT2D eigenvalue weighted by Crippen LogP contribution is 2.30. The lowest BCUT2D eigenvalue weighted by atomic mass is 10.1. The number of nitriles is 1. The van der Waals surface area contributed by atoms with Gasteiger partial charge >= 0.3 is 0 Å². The number of nitrogens with zero attached hydrogens (tertiary/aromatic N) is 4. The number of carbonyl (C=O) groups is 1. The molecule has 0 amide bonds. The normalized spacial score (nSPS) is 10.9. The van der Waals surface area contributed by atoms with Crippen LogP contribution in [0.15, 0.2) is 79.0 Å². The largest absolute Gasteiger partial charge is 0.456 e. The number of aromatic nitrogens is 3. The number of rotatable bonds is 5. The third-order valence-corrected chi connectivity index (χ3v) is 5.87. The van der Waals surface area contributed by atoms with Gasteiger partial charge in [0, 0.05) is 18.0 Å². The smallest absolute Gasteiger partial charge is 0.214 e. The fourth-order valence-electron chi connectivity index (χ4n) is 4.07. The van der Waals surface area contributed by atoms with Crippen LogP contribution in [0.25, 0.3) is 16.6 Å². The number of benzene rings is 3. The van der Waals surface area contributed by atoms with Gasteiger partial charge in [0.1, 0.15) is 23.4 Å². The van der Waals surface area contributed by atoms with E-state index in [9.17, 15) is 10.1 Å². The number of carbonyl (C=O) groups excluding carboxylic acids is 1. The lowest BCUT2D eigenvalue weighted by Crippen LogP contribution is -2.10. The highest BCUT2D eigenvalue weighted by molar-refractivity contribution is 6.12. The van der Waals surface area contributed by atoms with Gasteiger partial charge in [-0.15, -0.1) is 0 Å². The summed E-state index contributed by atoms with van der Waals surface area (Å²) >= 11 is 0. The number of hydrogen-bond donors (Lipinski definition) is 1. The van der Waals surface area contributed by atoms with Gasteiger partial charge in [-0.25, -0.2) is 4.68 Å². The first-order valence-corrected chi connectivity index (χ1v) is 10.7. The molecular formula is C27H21N5O2. The molecule has 0 aliphatic heterocycles. The van der Waals surface area contributed by atoms with Gasteiger partial charge in [-0.3, -0.25) is 4.79 Å². The van der Waals surface area contributed by atoms with E-state index >= 15 is 0 Å². The van der Waals surface area contributed by atoms with Crippen molar-refractivity contribution in [1.82, 2.24) is 14.3 Å². The molecule has 0 fully saturated rings. The second-order valence-corrected chi connectivity index (χ2v) is 7.99. The van der Waals surface area contributed by atoms with Crippen LogP contribution in [0.5, 0.6) is 11.5 Å². The fourth-order valence-corrected chi connectivity index (χ4v) is 4.07. The molecule has 2 aromatic heterocycles. The van der Waals surface area contributed by atoms with Crippen molar-refractivity contribution >= 4 is 22.5 Å². The predicted molar refractivity (Wildman–Crippen MR) is 130 cm³/mol. The fraction of sp³-hybridized carbons (Fsp3) is 0.0741. The number of nitrogens with two attached hydrogens (primary N) is 1. The molecule has 7 heteroatoms. The topological polar surface area (TPSA) is 98.9 Å². The molecule has 0 saturated heterocycles. The van der Waals surface area contributed by atoms with Crippen molar-refractivity contribution in [3.05, 3.63) is 101 Å². The minimum Gasteiger partial charge on any atom is -0.456 e. The predicted octanol–water partition coefficient (Wildman–Crippen LogP) is 5.15. The summed E-state index contributed by atoms with van der Waals surface area (Å²) in [4.78, 5) is 13.3. The van der Waals surface area contributed by atoms with E-state index in [-0.39, 0.29) is 11.6 Å². The van der Waals surface area contributed by atoms with Crippen LogP contribution in [-0.4, -0.2) is 20.1 Å². The zero-order chi connectivity index (χ0) is 23.8. The molecule has 0 radical (unpaired) electrons. The highest BCUT2D eigenvalue weighted by atomic mass is 16.5. The quantitative estimate of drug-likeness (QED) is 0.376. The molecule has 0 bridgehead atoms. The van der Waals surface area contributed by atoms with Gasteiger partial charge in [0.25, 0.3) is 0 Å². The molecule has 34 heavy (non-hydrogen) atoms. The summed E-state index contributed by atoms with van der Waals surface area (Å²) in [5.41, 5.74) is 10.3.